The van der Waals surface area contributed by atoms with E-state index in [1.165, 1.54) is 0 Å². The molecule has 0 saturated carbocycles. The van der Waals surface area contributed by atoms with Gasteiger partial charge in [-0.1, -0.05) is 18.2 Å². The first kappa shape index (κ1) is 16.3. The lowest BCUT2D eigenvalue weighted by Crippen LogP contribution is -2.17. The Morgan fingerprint density at radius 2 is 1.80 bits per heavy atom. The summed E-state index contributed by atoms with van der Waals surface area (Å²) < 4.78 is 9.53. The average molecular weight is 351 g/mol. The standard InChI is InChI=1S/C17H13N5O2S/c18-10-20-15(19)14-16(23)22-25-17(14)21-11-6-8-13(9-7-11)24-12-4-2-1-3-5-12/h1-9,21H,(H2,19,20)(H,22,23). The van der Waals surface area contributed by atoms with Crippen molar-refractivity contribution in [3.8, 4) is 23.6 Å². The van der Waals surface area contributed by atoms with E-state index in [0.717, 1.165) is 23.0 Å². The molecule has 0 spiro atoms. The van der Waals surface area contributed by atoms with Gasteiger partial charge in [0.2, 0.25) is 5.88 Å². The Kier molecular flexibility index (Phi) is 4.78. The number of ether oxygens (including phenoxy) is 1. The highest BCUT2D eigenvalue weighted by atomic mass is 32.1. The average Bonchev–Trinajstić information content (AvgIpc) is 2.98. The van der Waals surface area contributed by atoms with E-state index in [4.69, 9.17) is 15.4 Å². The van der Waals surface area contributed by atoms with E-state index in [0.29, 0.717) is 10.8 Å². The molecule has 0 atom stereocenters. The van der Waals surface area contributed by atoms with E-state index < -0.39 is 0 Å². The third-order valence-corrected chi connectivity index (χ3v) is 3.95. The summed E-state index contributed by atoms with van der Waals surface area (Å²) in [7, 11) is 0. The SMILES string of the molecule is N#CNC(=N)c1c(O)nsc1Nc1ccc(Oc2ccccc2)cc1. The Morgan fingerprint density at radius 1 is 1.12 bits per heavy atom. The molecular weight excluding hydrogens is 338 g/mol. The topological polar surface area (TPSA) is 114 Å². The van der Waals surface area contributed by atoms with Crippen molar-refractivity contribution in [2.24, 2.45) is 0 Å². The van der Waals surface area contributed by atoms with E-state index >= 15 is 0 Å². The van der Waals surface area contributed by atoms with Gasteiger partial charge in [-0.05, 0) is 47.9 Å². The fraction of sp³-hybridized carbons (Fsp3) is 0. The van der Waals surface area contributed by atoms with Crippen LogP contribution in [0.4, 0.5) is 10.7 Å². The van der Waals surface area contributed by atoms with Crippen molar-refractivity contribution in [1.82, 2.24) is 9.69 Å². The van der Waals surface area contributed by atoms with Gasteiger partial charge in [-0.25, -0.2) is 0 Å². The smallest absolute Gasteiger partial charge is 0.236 e. The van der Waals surface area contributed by atoms with Crippen molar-refractivity contribution >= 4 is 28.1 Å². The molecule has 3 aromatic rings. The second-order valence-electron chi connectivity index (χ2n) is 4.89. The van der Waals surface area contributed by atoms with Crippen molar-refractivity contribution in [3.63, 3.8) is 0 Å². The first-order valence-electron chi connectivity index (χ1n) is 7.20. The minimum Gasteiger partial charge on any atom is -0.492 e. The van der Waals surface area contributed by atoms with Gasteiger partial charge in [0, 0.05) is 5.69 Å². The number of aromatic nitrogens is 1. The molecule has 1 heterocycles. The molecule has 3 rings (SSSR count). The highest BCUT2D eigenvalue weighted by Crippen LogP contribution is 2.32. The second kappa shape index (κ2) is 7.33. The van der Waals surface area contributed by atoms with Crippen LogP contribution >= 0.6 is 11.5 Å². The van der Waals surface area contributed by atoms with E-state index in [2.05, 4.69) is 15.0 Å². The highest BCUT2D eigenvalue weighted by molar-refractivity contribution is 7.11. The van der Waals surface area contributed by atoms with Crippen LogP contribution in [-0.2, 0) is 0 Å². The monoisotopic (exact) mass is 351 g/mol. The Balaban J connectivity index is 1.74. The lowest BCUT2D eigenvalue weighted by Gasteiger charge is -2.09. The first-order valence-corrected chi connectivity index (χ1v) is 7.97. The molecule has 4 N–H and O–H groups in total. The maximum Gasteiger partial charge on any atom is 0.236 e. The Hall–Kier alpha value is -3.57. The third kappa shape index (κ3) is 3.85. The summed E-state index contributed by atoms with van der Waals surface area (Å²) in [5.74, 6) is 0.904. The van der Waals surface area contributed by atoms with Crippen molar-refractivity contribution in [1.29, 1.82) is 10.7 Å². The van der Waals surface area contributed by atoms with Crippen LogP contribution < -0.4 is 15.4 Å². The summed E-state index contributed by atoms with van der Waals surface area (Å²) in [5.41, 5.74) is 0.881. The van der Waals surface area contributed by atoms with E-state index in [9.17, 15) is 5.11 Å². The summed E-state index contributed by atoms with van der Waals surface area (Å²) in [6.45, 7) is 0. The van der Waals surface area contributed by atoms with Gasteiger partial charge in [0.15, 0.2) is 6.19 Å². The number of rotatable bonds is 5. The van der Waals surface area contributed by atoms with E-state index in [1.54, 1.807) is 30.5 Å². The molecule has 0 amide bonds. The Labute approximate surface area is 147 Å². The zero-order chi connectivity index (χ0) is 17.6. The third-order valence-electron chi connectivity index (χ3n) is 3.20. The molecule has 1 aromatic heterocycles. The summed E-state index contributed by atoms with van der Waals surface area (Å²) in [6.07, 6.45) is 1.65. The molecule has 7 nitrogen and oxygen atoms in total. The molecule has 0 saturated heterocycles. The summed E-state index contributed by atoms with van der Waals surface area (Å²) in [5, 5.41) is 31.9. The van der Waals surface area contributed by atoms with Crippen LogP contribution in [0.25, 0.3) is 0 Å². The molecule has 0 radical (unpaired) electrons. The molecule has 25 heavy (non-hydrogen) atoms. The molecule has 2 aromatic carbocycles. The van der Waals surface area contributed by atoms with Gasteiger partial charge >= 0.3 is 0 Å². The van der Waals surface area contributed by atoms with Crippen molar-refractivity contribution in [3.05, 3.63) is 60.2 Å². The van der Waals surface area contributed by atoms with Crippen LogP contribution in [0.15, 0.2) is 54.6 Å². The number of anilines is 2. The number of hydrogen-bond donors (Lipinski definition) is 4. The molecule has 0 bridgehead atoms. The van der Waals surface area contributed by atoms with Crippen molar-refractivity contribution < 1.29 is 9.84 Å². The molecule has 0 aliphatic heterocycles. The van der Waals surface area contributed by atoms with Gasteiger partial charge < -0.3 is 15.2 Å². The minimum atomic E-state index is -0.302. The van der Waals surface area contributed by atoms with Gasteiger partial charge in [-0.3, -0.25) is 10.7 Å². The molecule has 124 valence electrons. The zero-order valence-corrected chi connectivity index (χ0v) is 13.7. The molecule has 8 heteroatoms. The van der Waals surface area contributed by atoms with Gasteiger partial charge in [-0.2, -0.15) is 9.64 Å². The molecule has 0 aliphatic rings. The van der Waals surface area contributed by atoms with Crippen LogP contribution in [0.3, 0.4) is 0 Å². The molecule has 0 fully saturated rings. The molecule has 0 aliphatic carbocycles. The fourth-order valence-corrected chi connectivity index (χ4v) is 2.79. The fourth-order valence-electron chi connectivity index (χ4n) is 2.07. The number of benzene rings is 2. The van der Waals surface area contributed by atoms with E-state index in [1.807, 2.05) is 30.3 Å². The van der Waals surface area contributed by atoms with Gasteiger partial charge in [0.25, 0.3) is 0 Å². The van der Waals surface area contributed by atoms with Gasteiger partial charge in [0.05, 0.1) is 0 Å². The lowest BCUT2D eigenvalue weighted by molar-refractivity contribution is 0.458. The maximum absolute atomic E-state index is 9.76. The second-order valence-corrected chi connectivity index (χ2v) is 5.66. The summed E-state index contributed by atoms with van der Waals surface area (Å²) >= 11 is 0.999. The number of amidine groups is 1. The number of aromatic hydroxyl groups is 1. The summed E-state index contributed by atoms with van der Waals surface area (Å²) in [4.78, 5) is 0. The minimum absolute atomic E-state index is 0.149. The number of para-hydroxylation sites is 1. The number of nitriles is 1. The Bertz CT molecular complexity index is 916. The van der Waals surface area contributed by atoms with Crippen molar-refractivity contribution in [2.45, 2.75) is 0 Å². The lowest BCUT2D eigenvalue weighted by atomic mass is 10.2. The van der Waals surface area contributed by atoms with Crippen molar-refractivity contribution in [2.75, 3.05) is 5.32 Å². The van der Waals surface area contributed by atoms with Crippen LogP contribution in [0.2, 0.25) is 0 Å². The quantitative estimate of drug-likeness (QED) is 0.241. The highest BCUT2D eigenvalue weighted by Gasteiger charge is 2.18. The zero-order valence-electron chi connectivity index (χ0n) is 12.9. The van der Waals surface area contributed by atoms with Crippen LogP contribution in [-0.4, -0.2) is 15.3 Å². The first-order chi connectivity index (χ1) is 12.2. The number of nitrogens with one attached hydrogen (secondary N) is 3. The van der Waals surface area contributed by atoms with Crippen LogP contribution in [0.5, 0.6) is 17.4 Å². The number of nitrogens with zero attached hydrogens (tertiary/aromatic N) is 2. The molecule has 0 unspecified atom stereocenters. The Morgan fingerprint density at radius 3 is 2.48 bits per heavy atom. The maximum atomic E-state index is 9.76. The van der Waals surface area contributed by atoms with Gasteiger partial charge in [-0.15, -0.1) is 0 Å². The van der Waals surface area contributed by atoms with Gasteiger partial charge in [0.1, 0.15) is 27.9 Å². The van der Waals surface area contributed by atoms with E-state index in [-0.39, 0.29) is 17.3 Å². The normalized spacial score (nSPS) is 9.88. The number of hydrogen-bond acceptors (Lipinski definition) is 7. The predicted octanol–water partition coefficient (Wildman–Crippen LogP) is 3.78. The largest absolute Gasteiger partial charge is 0.492 e. The van der Waals surface area contributed by atoms with Crippen LogP contribution in [0, 0.1) is 16.9 Å². The molecular formula is C17H13N5O2S. The van der Waals surface area contributed by atoms with Crippen LogP contribution in [0.1, 0.15) is 5.56 Å². The summed E-state index contributed by atoms with van der Waals surface area (Å²) in [6, 6.07) is 16.7. The predicted molar refractivity (Wildman–Crippen MR) is 95.6 cm³/mol.